The molecule has 1 aromatic heterocycles. The van der Waals surface area contributed by atoms with Crippen LogP contribution < -0.4 is 0 Å². The van der Waals surface area contributed by atoms with Crippen LogP contribution in [0.3, 0.4) is 0 Å². The first-order valence-electron chi connectivity index (χ1n) is 3.96. The lowest BCUT2D eigenvalue weighted by molar-refractivity contribution is -0.141. The number of hydrogen-bond donors (Lipinski definition) is 1. The fraction of sp³-hybridized carbons (Fsp3) is 0.500. The van der Waals surface area contributed by atoms with Gasteiger partial charge >= 0.3 is 12.4 Å². The number of carbonyl (C=O) groups is 1. The van der Waals surface area contributed by atoms with E-state index in [0.29, 0.717) is 0 Å². The first-order chi connectivity index (χ1) is 6.50. The molecule has 0 bridgehead atoms. The quantitative estimate of drug-likeness (QED) is 0.814. The first kappa shape index (κ1) is 10.6. The molecule has 1 heterocycles. The second kappa shape index (κ2) is 4.17. The molecule has 0 aliphatic heterocycles. The lowest BCUT2D eigenvalue weighted by atomic mass is 10.1. The Morgan fingerprint density at radius 3 is 2.79 bits per heavy atom. The van der Waals surface area contributed by atoms with Gasteiger partial charge in [-0.25, -0.2) is 4.98 Å². The largest absolute Gasteiger partial charge is 0.481 e. The molecule has 78 valence electrons. The molecule has 14 heavy (non-hydrogen) atoms. The van der Waals surface area contributed by atoms with Gasteiger partial charge in [0.05, 0.1) is 11.6 Å². The van der Waals surface area contributed by atoms with Crippen LogP contribution in [0.5, 0.6) is 0 Å². The second-order valence-electron chi connectivity index (χ2n) is 2.92. The zero-order chi connectivity index (χ0) is 10.7. The molecular weight excluding hydrogens is 196 g/mol. The predicted octanol–water partition coefficient (Wildman–Crippen LogP) is 1.88. The van der Waals surface area contributed by atoms with Crippen molar-refractivity contribution in [1.29, 1.82) is 0 Å². The summed E-state index contributed by atoms with van der Waals surface area (Å²) in [6, 6.07) is 0. The smallest absolute Gasteiger partial charge is 0.313 e. The normalized spacial score (nSPS) is 13.1. The van der Waals surface area contributed by atoms with Crippen molar-refractivity contribution >= 4 is 5.97 Å². The van der Waals surface area contributed by atoms with Crippen LogP contribution in [0, 0.1) is 5.92 Å². The van der Waals surface area contributed by atoms with E-state index in [1.165, 1.54) is 6.92 Å². The molecule has 1 unspecified atom stereocenters. The van der Waals surface area contributed by atoms with Gasteiger partial charge in [0.2, 0.25) is 0 Å². The van der Waals surface area contributed by atoms with Crippen molar-refractivity contribution in [3.8, 4) is 0 Å². The van der Waals surface area contributed by atoms with E-state index in [1.807, 2.05) is 0 Å². The second-order valence-corrected chi connectivity index (χ2v) is 2.92. The lowest BCUT2D eigenvalue weighted by Gasteiger charge is -2.00. The zero-order valence-electron chi connectivity index (χ0n) is 7.41. The topological polar surface area (TPSA) is 63.3 Å². The highest BCUT2D eigenvalue weighted by Gasteiger charge is 2.18. The van der Waals surface area contributed by atoms with Crippen LogP contribution in [0.2, 0.25) is 0 Å². The van der Waals surface area contributed by atoms with Gasteiger partial charge in [0.1, 0.15) is 6.26 Å². The van der Waals surface area contributed by atoms with Gasteiger partial charge in [-0.15, -0.1) is 0 Å². The van der Waals surface area contributed by atoms with E-state index in [2.05, 4.69) is 9.40 Å². The number of carboxylic acids is 1. The van der Waals surface area contributed by atoms with Crippen LogP contribution in [-0.4, -0.2) is 16.1 Å². The van der Waals surface area contributed by atoms with Crippen molar-refractivity contribution in [2.45, 2.75) is 19.8 Å². The molecule has 0 fully saturated rings. The Kier molecular flexibility index (Phi) is 3.16. The lowest BCUT2D eigenvalue weighted by Crippen LogP contribution is -2.12. The summed E-state index contributed by atoms with van der Waals surface area (Å²) in [7, 11) is 0. The minimum absolute atomic E-state index is 0.0888. The highest BCUT2D eigenvalue weighted by Crippen LogP contribution is 2.18. The number of nitrogens with zero attached hydrogens (tertiary/aromatic N) is 1. The standard InChI is InChI=1S/C8H9F2NO3/c1-4(8(12)13)2-5-3-14-7(11-5)6(9)10/h3-4,6H,2H2,1H3,(H,12,13). The van der Waals surface area contributed by atoms with Crippen molar-refractivity contribution < 1.29 is 23.1 Å². The molecule has 1 atom stereocenters. The molecule has 0 saturated carbocycles. The summed E-state index contributed by atoms with van der Waals surface area (Å²) in [5.41, 5.74) is 0.232. The van der Waals surface area contributed by atoms with Crippen LogP contribution in [0.15, 0.2) is 10.7 Å². The molecule has 0 aliphatic rings. The third-order valence-electron chi connectivity index (χ3n) is 1.69. The van der Waals surface area contributed by atoms with Crippen molar-refractivity contribution in [1.82, 2.24) is 4.98 Å². The van der Waals surface area contributed by atoms with Gasteiger partial charge in [-0.2, -0.15) is 8.78 Å². The number of aromatic nitrogens is 1. The van der Waals surface area contributed by atoms with Crippen molar-refractivity contribution in [2.75, 3.05) is 0 Å². The summed E-state index contributed by atoms with van der Waals surface area (Å²) in [6.45, 7) is 1.47. The highest BCUT2D eigenvalue weighted by molar-refractivity contribution is 5.69. The third kappa shape index (κ3) is 2.51. The number of halogens is 2. The fourth-order valence-corrected chi connectivity index (χ4v) is 0.918. The summed E-state index contributed by atoms with van der Waals surface area (Å²) >= 11 is 0. The molecule has 6 heteroatoms. The molecular formula is C8H9F2NO3. The Balaban J connectivity index is 2.64. The van der Waals surface area contributed by atoms with Gasteiger partial charge in [-0.1, -0.05) is 6.92 Å². The molecule has 0 saturated heterocycles. The van der Waals surface area contributed by atoms with E-state index in [0.717, 1.165) is 6.26 Å². The van der Waals surface area contributed by atoms with E-state index in [1.54, 1.807) is 0 Å². The van der Waals surface area contributed by atoms with Crippen molar-refractivity contribution in [3.63, 3.8) is 0 Å². The zero-order valence-corrected chi connectivity index (χ0v) is 7.41. The average Bonchev–Trinajstić information content (AvgIpc) is 2.52. The fourth-order valence-electron chi connectivity index (χ4n) is 0.918. The minimum atomic E-state index is -2.76. The monoisotopic (exact) mass is 205 g/mol. The molecule has 1 rings (SSSR count). The molecule has 0 amide bonds. The Labute approximate surface area is 78.6 Å². The number of oxazole rings is 1. The van der Waals surface area contributed by atoms with Gasteiger partial charge in [0, 0.05) is 6.42 Å². The molecule has 0 spiro atoms. The van der Waals surface area contributed by atoms with Crippen LogP contribution in [0.4, 0.5) is 8.78 Å². The minimum Gasteiger partial charge on any atom is -0.481 e. The van der Waals surface area contributed by atoms with E-state index < -0.39 is 24.2 Å². The number of aliphatic carboxylic acids is 1. The van der Waals surface area contributed by atoms with Gasteiger partial charge in [0.25, 0.3) is 5.89 Å². The predicted molar refractivity (Wildman–Crippen MR) is 42.0 cm³/mol. The molecule has 0 aromatic carbocycles. The van der Waals surface area contributed by atoms with E-state index in [4.69, 9.17) is 5.11 Å². The number of carboxylic acid groups (broad SMARTS) is 1. The van der Waals surface area contributed by atoms with Crippen molar-refractivity contribution in [3.05, 3.63) is 17.8 Å². The maximum atomic E-state index is 12.0. The number of alkyl halides is 2. The highest BCUT2D eigenvalue weighted by atomic mass is 19.3. The summed E-state index contributed by atoms with van der Waals surface area (Å²) in [6.07, 6.45) is -1.61. The average molecular weight is 205 g/mol. The van der Waals surface area contributed by atoms with Gasteiger partial charge in [-0.05, 0) is 0 Å². The molecule has 0 radical (unpaired) electrons. The number of rotatable bonds is 4. The van der Waals surface area contributed by atoms with Crippen molar-refractivity contribution in [2.24, 2.45) is 5.92 Å². The summed E-state index contributed by atoms with van der Waals surface area (Å²) in [5.74, 6) is -2.32. The van der Waals surface area contributed by atoms with Gasteiger partial charge in [0.15, 0.2) is 0 Å². The maximum Gasteiger partial charge on any atom is 0.313 e. The molecule has 0 aliphatic carbocycles. The molecule has 4 nitrogen and oxygen atoms in total. The third-order valence-corrected chi connectivity index (χ3v) is 1.69. The van der Waals surface area contributed by atoms with Crippen LogP contribution >= 0.6 is 0 Å². The van der Waals surface area contributed by atoms with Crippen LogP contribution in [-0.2, 0) is 11.2 Å². The van der Waals surface area contributed by atoms with Gasteiger partial charge < -0.3 is 9.52 Å². The van der Waals surface area contributed by atoms with E-state index >= 15 is 0 Å². The molecule has 1 N–H and O–H groups in total. The summed E-state index contributed by atoms with van der Waals surface area (Å²) < 4.78 is 28.5. The number of hydrogen-bond acceptors (Lipinski definition) is 3. The van der Waals surface area contributed by atoms with Crippen LogP contribution in [0.25, 0.3) is 0 Å². The van der Waals surface area contributed by atoms with E-state index in [-0.39, 0.29) is 12.1 Å². The Morgan fingerprint density at radius 1 is 1.71 bits per heavy atom. The van der Waals surface area contributed by atoms with Gasteiger partial charge in [-0.3, -0.25) is 4.79 Å². The Morgan fingerprint density at radius 2 is 2.36 bits per heavy atom. The SMILES string of the molecule is CC(Cc1coc(C(F)F)n1)C(=O)O. The first-order valence-corrected chi connectivity index (χ1v) is 3.96. The van der Waals surface area contributed by atoms with E-state index in [9.17, 15) is 13.6 Å². The summed E-state index contributed by atoms with van der Waals surface area (Å²) in [5, 5.41) is 8.55. The maximum absolute atomic E-state index is 12.0. The Hall–Kier alpha value is -1.46. The van der Waals surface area contributed by atoms with Crippen LogP contribution in [0.1, 0.15) is 24.9 Å². The Bertz CT molecular complexity index is 324. The molecule has 1 aromatic rings. The summed E-state index contributed by atoms with van der Waals surface area (Å²) in [4.78, 5) is 13.9.